The van der Waals surface area contributed by atoms with Crippen molar-refractivity contribution in [1.29, 1.82) is 0 Å². The minimum absolute atomic E-state index is 0.283. The number of likely N-dealkylation sites (tertiary alicyclic amines) is 1. The molecule has 0 aromatic rings. The molecule has 0 saturated carbocycles. The Balaban J connectivity index is 2.49. The van der Waals surface area contributed by atoms with E-state index in [1.54, 1.807) is 0 Å². The van der Waals surface area contributed by atoms with Gasteiger partial charge in [-0.15, -0.1) is 11.6 Å². The fourth-order valence-electron chi connectivity index (χ4n) is 2.26. The van der Waals surface area contributed by atoms with Crippen LogP contribution in [0.5, 0.6) is 0 Å². The number of alkyl halides is 1. The molecule has 14 heavy (non-hydrogen) atoms. The normalized spacial score (nSPS) is 27.8. The van der Waals surface area contributed by atoms with E-state index in [2.05, 4.69) is 18.7 Å². The average molecular weight is 218 g/mol. The highest BCUT2D eigenvalue weighted by Gasteiger charge is 2.27. The third-order valence-corrected chi connectivity index (χ3v) is 3.27. The number of carbonyl (C=O) groups excluding carboxylic acids is 1. The van der Waals surface area contributed by atoms with Crippen LogP contribution < -0.4 is 0 Å². The minimum Gasteiger partial charge on any atom is -0.337 e. The molecule has 1 aliphatic heterocycles. The van der Waals surface area contributed by atoms with Crippen molar-refractivity contribution in [3.8, 4) is 0 Å². The standard InChI is InChI=1S/C11H20ClNO/c1-9-5-3-6-10(2)13(9)11(14)7-4-8-12/h9-10H,3-8H2,1-2H3. The van der Waals surface area contributed by atoms with Gasteiger partial charge in [-0.2, -0.15) is 0 Å². The lowest BCUT2D eigenvalue weighted by molar-refractivity contribution is -0.137. The Morgan fingerprint density at radius 2 is 1.93 bits per heavy atom. The quantitative estimate of drug-likeness (QED) is 0.666. The van der Waals surface area contributed by atoms with Crippen LogP contribution in [0.2, 0.25) is 0 Å². The second kappa shape index (κ2) is 5.59. The molecule has 0 radical (unpaired) electrons. The lowest BCUT2D eigenvalue weighted by Crippen LogP contribution is -2.47. The Labute approximate surface area is 91.6 Å². The number of hydrogen-bond donors (Lipinski definition) is 0. The summed E-state index contributed by atoms with van der Waals surface area (Å²) in [6.45, 7) is 4.29. The van der Waals surface area contributed by atoms with Gasteiger partial charge in [-0.25, -0.2) is 0 Å². The van der Waals surface area contributed by atoms with E-state index in [0.717, 1.165) is 19.3 Å². The maximum atomic E-state index is 11.8. The van der Waals surface area contributed by atoms with E-state index in [1.807, 2.05) is 0 Å². The van der Waals surface area contributed by atoms with Gasteiger partial charge < -0.3 is 4.90 Å². The Kier molecular flexibility index (Phi) is 4.73. The lowest BCUT2D eigenvalue weighted by atomic mass is 9.97. The summed E-state index contributed by atoms with van der Waals surface area (Å²) in [5.74, 6) is 0.868. The number of halogens is 1. The topological polar surface area (TPSA) is 20.3 Å². The smallest absolute Gasteiger partial charge is 0.223 e. The molecular formula is C11H20ClNO. The van der Waals surface area contributed by atoms with Gasteiger partial charge in [0.15, 0.2) is 0 Å². The van der Waals surface area contributed by atoms with E-state index in [1.165, 1.54) is 6.42 Å². The highest BCUT2D eigenvalue weighted by Crippen LogP contribution is 2.23. The van der Waals surface area contributed by atoms with Crippen molar-refractivity contribution >= 4 is 17.5 Å². The first-order chi connectivity index (χ1) is 6.66. The predicted octanol–water partition coefficient (Wildman–Crippen LogP) is 2.79. The third kappa shape index (κ3) is 2.88. The fourth-order valence-corrected chi connectivity index (χ4v) is 2.39. The first kappa shape index (κ1) is 11.8. The van der Waals surface area contributed by atoms with Crippen molar-refractivity contribution in [1.82, 2.24) is 4.90 Å². The number of hydrogen-bond acceptors (Lipinski definition) is 1. The van der Waals surface area contributed by atoms with Crippen molar-refractivity contribution in [2.75, 3.05) is 5.88 Å². The summed E-state index contributed by atoms with van der Waals surface area (Å²) in [5.41, 5.74) is 0. The average Bonchev–Trinajstić information content (AvgIpc) is 2.14. The van der Waals surface area contributed by atoms with Crippen LogP contribution in [0.4, 0.5) is 0 Å². The number of carbonyl (C=O) groups is 1. The SMILES string of the molecule is CC1CCCC(C)N1C(=O)CCCCl. The molecule has 0 aromatic carbocycles. The number of rotatable bonds is 3. The molecule has 2 atom stereocenters. The summed E-state index contributed by atoms with van der Waals surface area (Å²) < 4.78 is 0. The van der Waals surface area contributed by atoms with E-state index < -0.39 is 0 Å². The zero-order valence-electron chi connectivity index (χ0n) is 9.13. The van der Waals surface area contributed by atoms with E-state index in [0.29, 0.717) is 24.4 Å². The molecule has 1 fully saturated rings. The van der Waals surface area contributed by atoms with Gasteiger partial charge in [0.2, 0.25) is 5.91 Å². The van der Waals surface area contributed by atoms with E-state index in [-0.39, 0.29) is 5.91 Å². The monoisotopic (exact) mass is 217 g/mol. The lowest BCUT2D eigenvalue weighted by Gasteiger charge is -2.39. The summed E-state index contributed by atoms with van der Waals surface area (Å²) in [4.78, 5) is 13.9. The second-order valence-corrected chi connectivity index (χ2v) is 4.60. The maximum Gasteiger partial charge on any atom is 0.223 e. The highest BCUT2D eigenvalue weighted by atomic mass is 35.5. The van der Waals surface area contributed by atoms with Crippen LogP contribution in [0.3, 0.4) is 0 Å². The van der Waals surface area contributed by atoms with Crippen molar-refractivity contribution in [3.05, 3.63) is 0 Å². The van der Waals surface area contributed by atoms with Gasteiger partial charge in [-0.05, 0) is 39.5 Å². The molecule has 1 saturated heterocycles. The van der Waals surface area contributed by atoms with Crippen LogP contribution in [0.1, 0.15) is 46.0 Å². The molecule has 3 heteroatoms. The van der Waals surface area contributed by atoms with Crippen LogP contribution in [-0.4, -0.2) is 28.8 Å². The van der Waals surface area contributed by atoms with E-state index >= 15 is 0 Å². The zero-order chi connectivity index (χ0) is 10.6. The van der Waals surface area contributed by atoms with Crippen molar-refractivity contribution in [2.24, 2.45) is 0 Å². The summed E-state index contributed by atoms with van der Waals surface area (Å²) in [7, 11) is 0. The van der Waals surface area contributed by atoms with Crippen LogP contribution in [0.25, 0.3) is 0 Å². The van der Waals surface area contributed by atoms with Crippen LogP contribution >= 0.6 is 11.6 Å². The predicted molar refractivity (Wildman–Crippen MR) is 59.6 cm³/mol. The molecule has 1 amide bonds. The van der Waals surface area contributed by atoms with Crippen LogP contribution in [-0.2, 0) is 4.79 Å². The number of piperidine rings is 1. The molecule has 1 aliphatic rings. The van der Waals surface area contributed by atoms with Gasteiger partial charge in [0.25, 0.3) is 0 Å². The van der Waals surface area contributed by atoms with Gasteiger partial charge in [-0.1, -0.05) is 0 Å². The molecule has 0 N–H and O–H groups in total. The van der Waals surface area contributed by atoms with E-state index in [9.17, 15) is 4.79 Å². The Bertz CT molecular complexity index is 186. The van der Waals surface area contributed by atoms with Crippen molar-refractivity contribution in [3.63, 3.8) is 0 Å². The van der Waals surface area contributed by atoms with Gasteiger partial charge >= 0.3 is 0 Å². The van der Waals surface area contributed by atoms with Gasteiger partial charge in [0.1, 0.15) is 0 Å². The Hall–Kier alpha value is -0.240. The summed E-state index contributed by atoms with van der Waals surface area (Å²) in [6, 6.07) is 0.836. The molecule has 2 unspecified atom stereocenters. The zero-order valence-corrected chi connectivity index (χ0v) is 9.89. The second-order valence-electron chi connectivity index (χ2n) is 4.22. The van der Waals surface area contributed by atoms with Gasteiger partial charge in [-0.3, -0.25) is 4.79 Å². The first-order valence-corrected chi connectivity index (χ1v) is 6.07. The minimum atomic E-state index is 0.283. The molecule has 0 spiro atoms. The molecule has 82 valence electrons. The Morgan fingerprint density at radius 1 is 1.36 bits per heavy atom. The maximum absolute atomic E-state index is 11.8. The van der Waals surface area contributed by atoms with Crippen LogP contribution in [0, 0.1) is 0 Å². The molecule has 0 bridgehead atoms. The highest BCUT2D eigenvalue weighted by molar-refractivity contribution is 6.17. The largest absolute Gasteiger partial charge is 0.337 e. The fraction of sp³-hybridized carbons (Fsp3) is 0.909. The molecular weight excluding hydrogens is 198 g/mol. The van der Waals surface area contributed by atoms with Crippen molar-refractivity contribution in [2.45, 2.75) is 58.0 Å². The molecule has 1 heterocycles. The molecule has 2 nitrogen and oxygen atoms in total. The summed E-state index contributed by atoms with van der Waals surface area (Å²) in [5, 5.41) is 0. The van der Waals surface area contributed by atoms with Crippen LogP contribution in [0.15, 0.2) is 0 Å². The van der Waals surface area contributed by atoms with Gasteiger partial charge in [0.05, 0.1) is 0 Å². The summed E-state index contributed by atoms with van der Waals surface area (Å²) >= 11 is 5.59. The summed E-state index contributed by atoms with van der Waals surface area (Å²) in [6.07, 6.45) is 4.96. The third-order valence-electron chi connectivity index (χ3n) is 3.01. The Morgan fingerprint density at radius 3 is 2.43 bits per heavy atom. The molecule has 0 aliphatic carbocycles. The number of amides is 1. The molecule has 0 aromatic heterocycles. The van der Waals surface area contributed by atoms with Gasteiger partial charge in [0, 0.05) is 24.4 Å². The molecule has 1 rings (SSSR count). The first-order valence-electron chi connectivity index (χ1n) is 5.54. The number of nitrogens with zero attached hydrogens (tertiary/aromatic N) is 1. The van der Waals surface area contributed by atoms with Crippen molar-refractivity contribution < 1.29 is 4.79 Å². The van der Waals surface area contributed by atoms with E-state index in [4.69, 9.17) is 11.6 Å².